The first-order valence-corrected chi connectivity index (χ1v) is 9.62. The van der Waals surface area contributed by atoms with Gasteiger partial charge in [0.05, 0.1) is 18.3 Å². The molecule has 152 valence electrons. The number of carbonyl (C=O) groups excluding carboxylic acids is 1. The van der Waals surface area contributed by atoms with Gasteiger partial charge in [0.15, 0.2) is 0 Å². The summed E-state index contributed by atoms with van der Waals surface area (Å²) in [4.78, 5) is 32.3. The van der Waals surface area contributed by atoms with Crippen LogP contribution >= 0.6 is 0 Å². The molecule has 3 N–H and O–H groups in total. The number of aliphatic hydroxyl groups excluding tert-OH is 1. The van der Waals surface area contributed by atoms with E-state index >= 15 is 0 Å². The highest BCUT2D eigenvalue weighted by Gasteiger charge is 2.18. The highest BCUT2D eigenvalue weighted by Crippen LogP contribution is 2.20. The van der Waals surface area contributed by atoms with E-state index in [9.17, 15) is 14.7 Å². The quantitative estimate of drug-likeness (QED) is 0.478. The van der Waals surface area contributed by atoms with Crippen LogP contribution in [0, 0.1) is 13.8 Å². The third-order valence-corrected chi connectivity index (χ3v) is 5.19. The van der Waals surface area contributed by atoms with Crippen molar-refractivity contribution in [3.8, 4) is 11.3 Å². The molecule has 0 radical (unpaired) electrons. The number of fused-ring (bicyclic) bond motifs is 1. The van der Waals surface area contributed by atoms with Crippen LogP contribution in [0.3, 0.4) is 0 Å². The first kappa shape index (κ1) is 19.6. The van der Waals surface area contributed by atoms with E-state index in [1.165, 1.54) is 11.8 Å². The molecule has 2 heterocycles. The maximum Gasteiger partial charge on any atom is 0.292 e. The lowest BCUT2D eigenvalue weighted by Gasteiger charge is -2.15. The van der Waals surface area contributed by atoms with Gasteiger partial charge >= 0.3 is 0 Å². The molecule has 0 spiro atoms. The van der Waals surface area contributed by atoms with E-state index in [-0.39, 0.29) is 23.5 Å². The molecule has 1 amide bonds. The van der Waals surface area contributed by atoms with Crippen LogP contribution in [0.1, 0.15) is 33.2 Å². The van der Waals surface area contributed by atoms with Crippen molar-refractivity contribution < 1.29 is 9.90 Å². The van der Waals surface area contributed by atoms with E-state index < -0.39 is 11.9 Å². The van der Waals surface area contributed by atoms with Gasteiger partial charge in [-0.05, 0) is 42.2 Å². The molecule has 0 aliphatic heterocycles. The number of benzene rings is 2. The van der Waals surface area contributed by atoms with Crippen LogP contribution in [0.4, 0.5) is 0 Å². The van der Waals surface area contributed by atoms with Gasteiger partial charge in [-0.2, -0.15) is 0 Å². The number of imidazole rings is 1. The molecule has 0 fully saturated rings. The molecule has 0 aliphatic rings. The maximum atomic E-state index is 12.7. The zero-order chi connectivity index (χ0) is 21.3. The van der Waals surface area contributed by atoms with Crippen LogP contribution in [-0.4, -0.2) is 32.0 Å². The van der Waals surface area contributed by atoms with Gasteiger partial charge in [0.25, 0.3) is 11.5 Å². The Hall–Kier alpha value is -3.71. The summed E-state index contributed by atoms with van der Waals surface area (Å²) in [5.41, 5.74) is 4.44. The fraction of sp³-hybridized carbons (Fsp3) is 0.174. The maximum absolute atomic E-state index is 12.7. The molecular weight excluding hydrogens is 380 g/mol. The fourth-order valence-corrected chi connectivity index (χ4v) is 3.33. The number of amides is 1. The highest BCUT2D eigenvalue weighted by atomic mass is 16.3. The summed E-state index contributed by atoms with van der Waals surface area (Å²) in [7, 11) is 0. The Morgan fingerprint density at radius 3 is 2.60 bits per heavy atom. The molecular formula is C23H22N4O3. The Morgan fingerprint density at radius 1 is 1.13 bits per heavy atom. The van der Waals surface area contributed by atoms with Crippen LogP contribution in [-0.2, 0) is 0 Å². The third kappa shape index (κ3) is 3.75. The Kier molecular flexibility index (Phi) is 5.20. The molecule has 4 rings (SSSR count). The van der Waals surface area contributed by atoms with E-state index in [1.54, 1.807) is 10.6 Å². The van der Waals surface area contributed by atoms with Gasteiger partial charge in [-0.3, -0.25) is 14.0 Å². The molecule has 2 aromatic carbocycles. The average molecular weight is 402 g/mol. The van der Waals surface area contributed by atoms with Crippen LogP contribution in [0.5, 0.6) is 0 Å². The fourth-order valence-electron chi connectivity index (χ4n) is 3.33. The van der Waals surface area contributed by atoms with Crippen molar-refractivity contribution in [2.75, 3.05) is 6.61 Å². The van der Waals surface area contributed by atoms with Crippen molar-refractivity contribution in [1.82, 2.24) is 19.7 Å². The van der Waals surface area contributed by atoms with Crippen molar-refractivity contribution in [2.45, 2.75) is 19.9 Å². The normalized spacial score (nSPS) is 12.1. The zero-order valence-corrected chi connectivity index (χ0v) is 16.7. The number of hydrogen-bond acceptors (Lipinski definition) is 4. The monoisotopic (exact) mass is 402 g/mol. The van der Waals surface area contributed by atoms with Crippen molar-refractivity contribution in [1.29, 1.82) is 0 Å². The average Bonchev–Trinajstić information content (AvgIpc) is 3.19. The molecule has 7 heteroatoms. The highest BCUT2D eigenvalue weighted by molar-refractivity contribution is 5.93. The first-order chi connectivity index (χ1) is 14.5. The molecule has 0 saturated heterocycles. The second kappa shape index (κ2) is 7.96. The van der Waals surface area contributed by atoms with Crippen molar-refractivity contribution in [3.05, 3.63) is 93.7 Å². The van der Waals surface area contributed by atoms with Gasteiger partial charge in [-0.1, -0.05) is 42.5 Å². The minimum atomic E-state index is -0.562. The van der Waals surface area contributed by atoms with Crippen LogP contribution < -0.4 is 10.9 Å². The molecule has 2 aromatic heterocycles. The molecule has 0 aliphatic carbocycles. The summed E-state index contributed by atoms with van der Waals surface area (Å²) in [5, 5.41) is 12.4. The summed E-state index contributed by atoms with van der Waals surface area (Å²) in [6.07, 6.45) is 3.26. The Bertz CT molecular complexity index is 1270. The topological polar surface area (TPSA) is 99.5 Å². The predicted molar refractivity (Wildman–Crippen MR) is 114 cm³/mol. The van der Waals surface area contributed by atoms with Gasteiger partial charge in [-0.15, -0.1) is 0 Å². The summed E-state index contributed by atoms with van der Waals surface area (Å²) < 4.78 is 1.55. The van der Waals surface area contributed by atoms with Crippen LogP contribution in [0.2, 0.25) is 0 Å². The number of aromatic amines is 1. The Balaban J connectivity index is 1.66. The number of aryl methyl sites for hydroxylation is 2. The molecule has 7 nitrogen and oxygen atoms in total. The predicted octanol–water partition coefficient (Wildman–Crippen LogP) is 2.77. The third-order valence-electron chi connectivity index (χ3n) is 5.19. The minimum absolute atomic E-state index is 0.104. The second-order valence-electron chi connectivity index (χ2n) is 7.27. The van der Waals surface area contributed by atoms with Crippen molar-refractivity contribution >= 4 is 11.6 Å². The van der Waals surface area contributed by atoms with Crippen molar-refractivity contribution in [2.24, 2.45) is 0 Å². The molecule has 0 unspecified atom stereocenters. The van der Waals surface area contributed by atoms with Crippen LogP contribution in [0.15, 0.2) is 65.7 Å². The van der Waals surface area contributed by atoms with Gasteiger partial charge in [0, 0.05) is 12.4 Å². The number of hydrogen-bond donors (Lipinski definition) is 3. The number of rotatable bonds is 5. The number of nitrogens with one attached hydrogen (secondary N) is 2. The van der Waals surface area contributed by atoms with E-state index in [0.717, 1.165) is 16.7 Å². The van der Waals surface area contributed by atoms with Crippen LogP contribution in [0.25, 0.3) is 16.9 Å². The number of aromatic nitrogens is 3. The largest absolute Gasteiger partial charge is 0.394 e. The first-order valence-electron chi connectivity index (χ1n) is 9.62. The molecule has 0 saturated carbocycles. The SMILES string of the molecule is Cc1ccc(-c2cn3cc(C(=O)N[C@H](CO)c4ccccc4)nc3c(=O)[nH]2)cc1C. The lowest BCUT2D eigenvalue weighted by molar-refractivity contribution is 0.0911. The molecule has 1 atom stereocenters. The Morgan fingerprint density at radius 2 is 1.90 bits per heavy atom. The van der Waals surface area contributed by atoms with Crippen molar-refractivity contribution in [3.63, 3.8) is 0 Å². The number of carbonyl (C=O) groups is 1. The summed E-state index contributed by atoms with van der Waals surface area (Å²) in [5.74, 6) is -0.464. The Labute approximate surface area is 173 Å². The molecule has 0 bridgehead atoms. The summed E-state index contributed by atoms with van der Waals surface area (Å²) >= 11 is 0. The van der Waals surface area contributed by atoms with Gasteiger partial charge in [0.2, 0.25) is 5.65 Å². The minimum Gasteiger partial charge on any atom is -0.394 e. The van der Waals surface area contributed by atoms with E-state index in [0.29, 0.717) is 5.69 Å². The zero-order valence-electron chi connectivity index (χ0n) is 16.7. The smallest absolute Gasteiger partial charge is 0.292 e. The summed E-state index contributed by atoms with van der Waals surface area (Å²) in [6.45, 7) is 3.79. The second-order valence-corrected chi connectivity index (χ2v) is 7.27. The number of nitrogens with zero attached hydrogens (tertiary/aromatic N) is 2. The van der Waals surface area contributed by atoms with Gasteiger partial charge in [0.1, 0.15) is 5.69 Å². The lowest BCUT2D eigenvalue weighted by atomic mass is 10.0. The van der Waals surface area contributed by atoms with E-state index in [4.69, 9.17) is 0 Å². The van der Waals surface area contributed by atoms with Gasteiger partial charge < -0.3 is 15.4 Å². The number of H-pyrrole nitrogens is 1. The van der Waals surface area contributed by atoms with E-state index in [1.807, 2.05) is 62.4 Å². The molecule has 30 heavy (non-hydrogen) atoms. The number of aliphatic hydroxyl groups is 1. The van der Waals surface area contributed by atoms with E-state index in [2.05, 4.69) is 15.3 Å². The lowest BCUT2D eigenvalue weighted by Crippen LogP contribution is -2.31. The van der Waals surface area contributed by atoms with Gasteiger partial charge in [-0.25, -0.2) is 4.98 Å². The molecule has 4 aromatic rings. The standard InChI is InChI=1S/C23H22N4O3/c1-14-8-9-17(10-15(14)2)18-11-27-12-19(24-21(27)23(30)25-18)22(29)26-20(13-28)16-6-4-3-5-7-16/h3-12,20,28H,13H2,1-2H3,(H,25,30)(H,26,29)/t20-/m1/s1. The summed E-state index contributed by atoms with van der Waals surface area (Å²) in [6, 6.07) is 14.6.